The molecule has 1 aromatic carbocycles. The molecule has 22 heavy (non-hydrogen) atoms. The zero-order chi connectivity index (χ0) is 15.4. The first-order valence-electron chi connectivity index (χ1n) is 6.82. The highest BCUT2D eigenvalue weighted by atomic mass is 16.1. The number of nitrogens with two attached hydrogens (primary N) is 1. The van der Waals surface area contributed by atoms with Crippen molar-refractivity contribution in [2.45, 2.75) is 6.54 Å². The molecule has 0 aliphatic heterocycles. The number of H-pyrrole nitrogens is 1. The van der Waals surface area contributed by atoms with Crippen LogP contribution in [0.25, 0.3) is 17.1 Å². The number of nitrogens with one attached hydrogen (secondary N) is 2. The number of hydrogen-bond donors (Lipinski definition) is 3. The normalized spacial score (nSPS) is 11.1. The fourth-order valence-corrected chi connectivity index (χ4v) is 2.07. The monoisotopic (exact) mass is 293 g/mol. The van der Waals surface area contributed by atoms with Crippen LogP contribution in [0.4, 0.5) is 5.69 Å². The number of aromatic amines is 1. The van der Waals surface area contributed by atoms with Gasteiger partial charge >= 0.3 is 0 Å². The van der Waals surface area contributed by atoms with Gasteiger partial charge in [0.2, 0.25) is 5.91 Å². The number of hydrogen-bond acceptors (Lipinski definition) is 4. The Morgan fingerprint density at radius 2 is 2.27 bits per heavy atom. The molecule has 2 heterocycles. The Morgan fingerprint density at radius 1 is 1.36 bits per heavy atom. The van der Waals surface area contributed by atoms with E-state index in [-0.39, 0.29) is 5.91 Å². The Kier molecular flexibility index (Phi) is 3.93. The maximum atomic E-state index is 11.9. The van der Waals surface area contributed by atoms with Gasteiger partial charge in [-0.3, -0.25) is 9.78 Å². The minimum atomic E-state index is -0.207. The van der Waals surface area contributed by atoms with Crippen LogP contribution in [0.5, 0.6) is 0 Å². The molecule has 3 aromatic rings. The van der Waals surface area contributed by atoms with Crippen molar-refractivity contribution in [2.75, 3.05) is 5.32 Å². The Labute approximate surface area is 127 Å². The fraction of sp³-hybridized carbons (Fsp3) is 0.0625. The van der Waals surface area contributed by atoms with Crippen LogP contribution in [0.1, 0.15) is 11.4 Å². The average Bonchev–Trinajstić information content (AvgIpc) is 2.96. The summed E-state index contributed by atoms with van der Waals surface area (Å²) in [5.41, 5.74) is 8.78. The second-order valence-electron chi connectivity index (χ2n) is 4.73. The molecule has 0 radical (unpaired) electrons. The first-order chi connectivity index (χ1) is 10.7. The van der Waals surface area contributed by atoms with Crippen molar-refractivity contribution in [1.82, 2.24) is 15.0 Å². The lowest BCUT2D eigenvalue weighted by molar-refractivity contribution is -0.111. The minimum absolute atomic E-state index is 0.207. The molecule has 0 aliphatic carbocycles. The molecule has 0 fully saturated rings. The summed E-state index contributed by atoms with van der Waals surface area (Å²) >= 11 is 0. The van der Waals surface area contributed by atoms with Gasteiger partial charge in [-0.1, -0.05) is 6.07 Å². The maximum absolute atomic E-state index is 11.9. The molecule has 2 aromatic heterocycles. The standard InChI is InChI=1S/C16H15N5O/c17-9-15-20-13-5-4-12(8-14(13)21-15)19-16(22)6-3-11-2-1-7-18-10-11/h1-8,10H,9,17H2,(H,19,22)(H,20,21)/b6-3+. The molecule has 110 valence electrons. The number of carbonyl (C=O) groups is 1. The number of carbonyl (C=O) groups excluding carboxylic acids is 1. The van der Waals surface area contributed by atoms with E-state index in [0.717, 1.165) is 22.4 Å². The van der Waals surface area contributed by atoms with Gasteiger partial charge in [-0.2, -0.15) is 0 Å². The Bertz CT molecular complexity index is 823. The van der Waals surface area contributed by atoms with Crippen LogP contribution in [-0.4, -0.2) is 20.9 Å². The third-order valence-corrected chi connectivity index (χ3v) is 3.10. The third-order valence-electron chi connectivity index (χ3n) is 3.10. The average molecular weight is 293 g/mol. The van der Waals surface area contributed by atoms with E-state index < -0.39 is 0 Å². The first kappa shape index (κ1) is 14.0. The van der Waals surface area contributed by atoms with Crippen LogP contribution < -0.4 is 11.1 Å². The SMILES string of the molecule is NCc1nc2ccc(NC(=O)/C=C/c3cccnc3)cc2[nH]1. The van der Waals surface area contributed by atoms with Crippen LogP contribution in [0, 0.1) is 0 Å². The predicted octanol–water partition coefficient (Wildman–Crippen LogP) is 2.07. The molecule has 3 rings (SSSR count). The Balaban J connectivity index is 1.72. The van der Waals surface area contributed by atoms with E-state index in [4.69, 9.17) is 5.73 Å². The Hall–Kier alpha value is -2.99. The van der Waals surface area contributed by atoms with E-state index in [2.05, 4.69) is 20.3 Å². The van der Waals surface area contributed by atoms with Gasteiger partial charge in [0.05, 0.1) is 17.6 Å². The number of pyridine rings is 1. The molecule has 0 aliphatic rings. The van der Waals surface area contributed by atoms with Gasteiger partial charge in [0.25, 0.3) is 0 Å². The van der Waals surface area contributed by atoms with Gasteiger partial charge in [0.15, 0.2) is 0 Å². The summed E-state index contributed by atoms with van der Waals surface area (Å²) in [5, 5.41) is 2.81. The highest BCUT2D eigenvalue weighted by molar-refractivity contribution is 6.02. The largest absolute Gasteiger partial charge is 0.341 e. The van der Waals surface area contributed by atoms with Crippen molar-refractivity contribution >= 4 is 28.7 Å². The zero-order valence-corrected chi connectivity index (χ0v) is 11.8. The molecule has 6 heteroatoms. The van der Waals surface area contributed by atoms with Crippen LogP contribution in [0.3, 0.4) is 0 Å². The number of rotatable bonds is 4. The van der Waals surface area contributed by atoms with E-state index >= 15 is 0 Å². The molecular formula is C16H15N5O. The molecule has 0 saturated heterocycles. The van der Waals surface area contributed by atoms with Crippen LogP contribution >= 0.6 is 0 Å². The highest BCUT2D eigenvalue weighted by Crippen LogP contribution is 2.17. The van der Waals surface area contributed by atoms with Gasteiger partial charge < -0.3 is 16.0 Å². The summed E-state index contributed by atoms with van der Waals surface area (Å²) in [6, 6.07) is 9.17. The van der Waals surface area contributed by atoms with Crippen molar-refractivity contribution < 1.29 is 4.79 Å². The zero-order valence-electron chi connectivity index (χ0n) is 11.8. The Morgan fingerprint density at radius 3 is 3.05 bits per heavy atom. The number of nitrogens with zero attached hydrogens (tertiary/aromatic N) is 2. The second kappa shape index (κ2) is 6.19. The van der Waals surface area contributed by atoms with Crippen molar-refractivity contribution in [3.8, 4) is 0 Å². The first-order valence-corrected chi connectivity index (χ1v) is 6.82. The minimum Gasteiger partial charge on any atom is -0.341 e. The van der Waals surface area contributed by atoms with Crippen molar-refractivity contribution in [3.05, 3.63) is 60.2 Å². The number of imidazole rings is 1. The summed E-state index contributed by atoms with van der Waals surface area (Å²) in [7, 11) is 0. The van der Waals surface area contributed by atoms with Gasteiger partial charge in [0, 0.05) is 24.2 Å². The second-order valence-corrected chi connectivity index (χ2v) is 4.73. The molecule has 1 amide bonds. The van der Waals surface area contributed by atoms with Crippen LogP contribution in [0.2, 0.25) is 0 Å². The lowest BCUT2D eigenvalue weighted by Crippen LogP contribution is -2.07. The summed E-state index contributed by atoms with van der Waals surface area (Å²) in [4.78, 5) is 23.3. The molecule has 0 spiro atoms. The molecule has 6 nitrogen and oxygen atoms in total. The summed E-state index contributed by atoms with van der Waals surface area (Å²) in [5.74, 6) is 0.511. The number of aromatic nitrogens is 3. The highest BCUT2D eigenvalue weighted by Gasteiger charge is 2.04. The summed E-state index contributed by atoms with van der Waals surface area (Å²) in [6.07, 6.45) is 6.56. The summed E-state index contributed by atoms with van der Waals surface area (Å²) in [6.45, 7) is 0.351. The summed E-state index contributed by atoms with van der Waals surface area (Å²) < 4.78 is 0. The molecule has 0 unspecified atom stereocenters. The third kappa shape index (κ3) is 3.18. The topological polar surface area (TPSA) is 96.7 Å². The van der Waals surface area contributed by atoms with Crippen molar-refractivity contribution in [3.63, 3.8) is 0 Å². The van der Waals surface area contributed by atoms with E-state index in [1.807, 2.05) is 24.3 Å². The quantitative estimate of drug-likeness (QED) is 0.641. The molecule has 0 saturated carbocycles. The number of anilines is 1. The van der Waals surface area contributed by atoms with E-state index in [0.29, 0.717) is 12.2 Å². The molecular weight excluding hydrogens is 278 g/mol. The van der Waals surface area contributed by atoms with Gasteiger partial charge in [-0.15, -0.1) is 0 Å². The van der Waals surface area contributed by atoms with Crippen LogP contribution in [-0.2, 0) is 11.3 Å². The van der Waals surface area contributed by atoms with Gasteiger partial charge in [-0.25, -0.2) is 4.98 Å². The lowest BCUT2D eigenvalue weighted by atomic mass is 10.2. The molecule has 4 N–H and O–H groups in total. The molecule has 0 bridgehead atoms. The molecule has 0 atom stereocenters. The predicted molar refractivity (Wildman–Crippen MR) is 85.9 cm³/mol. The lowest BCUT2D eigenvalue weighted by Gasteiger charge is -2.01. The number of benzene rings is 1. The fourth-order valence-electron chi connectivity index (χ4n) is 2.07. The van der Waals surface area contributed by atoms with Gasteiger partial charge in [-0.05, 0) is 35.9 Å². The van der Waals surface area contributed by atoms with E-state index in [1.54, 1.807) is 24.5 Å². The smallest absolute Gasteiger partial charge is 0.248 e. The maximum Gasteiger partial charge on any atom is 0.248 e. The number of fused-ring (bicyclic) bond motifs is 1. The van der Waals surface area contributed by atoms with Crippen molar-refractivity contribution in [1.29, 1.82) is 0 Å². The van der Waals surface area contributed by atoms with Crippen molar-refractivity contribution in [2.24, 2.45) is 5.73 Å². The van der Waals surface area contributed by atoms with E-state index in [1.165, 1.54) is 6.08 Å². The van der Waals surface area contributed by atoms with E-state index in [9.17, 15) is 4.79 Å². The van der Waals surface area contributed by atoms with Gasteiger partial charge in [0.1, 0.15) is 5.82 Å². The van der Waals surface area contributed by atoms with Crippen LogP contribution in [0.15, 0.2) is 48.8 Å². The number of amides is 1.